The second-order valence-corrected chi connectivity index (χ2v) is 5.16. The van der Waals surface area contributed by atoms with Crippen LogP contribution in [0.25, 0.3) is 0 Å². The van der Waals surface area contributed by atoms with Gasteiger partial charge in [-0.2, -0.15) is 0 Å². The second-order valence-electron chi connectivity index (χ2n) is 4.31. The molecule has 4 nitrogen and oxygen atoms in total. The molecule has 0 fully saturated rings. The first-order valence-corrected chi connectivity index (χ1v) is 6.68. The molecule has 92 valence electrons. The third kappa shape index (κ3) is 2.09. The molecule has 0 radical (unpaired) electrons. The summed E-state index contributed by atoms with van der Waals surface area (Å²) in [5.74, 6) is -0.992. The van der Waals surface area contributed by atoms with Crippen molar-refractivity contribution in [2.45, 2.75) is 19.3 Å². The van der Waals surface area contributed by atoms with Gasteiger partial charge in [0.1, 0.15) is 0 Å². The summed E-state index contributed by atoms with van der Waals surface area (Å²) in [6.45, 7) is 0. The number of rotatable bonds is 3. The Bertz CT molecular complexity index is 607. The average molecular weight is 260 g/mol. The van der Waals surface area contributed by atoms with Gasteiger partial charge in [-0.15, -0.1) is 11.3 Å². The lowest BCUT2D eigenvalue weighted by Gasteiger charge is -2.05. The van der Waals surface area contributed by atoms with Crippen LogP contribution in [0.3, 0.4) is 0 Å². The maximum Gasteiger partial charge on any atom is 0.355 e. The van der Waals surface area contributed by atoms with E-state index >= 15 is 0 Å². The van der Waals surface area contributed by atoms with Crippen molar-refractivity contribution in [2.24, 2.45) is 0 Å². The van der Waals surface area contributed by atoms with Crippen molar-refractivity contribution in [3.8, 4) is 0 Å². The highest BCUT2D eigenvalue weighted by molar-refractivity contribution is 7.14. The molecule has 0 amide bonds. The monoisotopic (exact) mass is 260 g/mol. The SMILES string of the molecule is O=C(O)c1csc(Nc2ccc3c(c2)CCC3)n1. The highest BCUT2D eigenvalue weighted by Crippen LogP contribution is 2.27. The summed E-state index contributed by atoms with van der Waals surface area (Å²) in [4.78, 5) is 14.7. The maximum absolute atomic E-state index is 10.7. The number of carboxylic acids is 1. The number of hydrogen-bond acceptors (Lipinski definition) is 4. The van der Waals surface area contributed by atoms with Crippen LogP contribution in [0, 0.1) is 0 Å². The predicted molar refractivity (Wildman–Crippen MR) is 70.8 cm³/mol. The molecule has 0 bridgehead atoms. The van der Waals surface area contributed by atoms with E-state index in [0.717, 1.165) is 18.5 Å². The lowest BCUT2D eigenvalue weighted by molar-refractivity contribution is 0.0691. The number of hydrogen-bond donors (Lipinski definition) is 2. The molecule has 18 heavy (non-hydrogen) atoms. The van der Waals surface area contributed by atoms with Gasteiger partial charge in [0.15, 0.2) is 10.8 Å². The summed E-state index contributed by atoms with van der Waals surface area (Å²) >= 11 is 1.30. The molecule has 0 saturated carbocycles. The Morgan fingerprint density at radius 3 is 2.94 bits per heavy atom. The molecule has 2 aromatic rings. The van der Waals surface area contributed by atoms with Crippen molar-refractivity contribution < 1.29 is 9.90 Å². The minimum Gasteiger partial charge on any atom is -0.476 e. The minimum absolute atomic E-state index is 0.0867. The summed E-state index contributed by atoms with van der Waals surface area (Å²) in [7, 11) is 0. The zero-order valence-electron chi connectivity index (χ0n) is 9.64. The number of aryl methyl sites for hydroxylation is 2. The molecule has 0 aliphatic heterocycles. The lowest BCUT2D eigenvalue weighted by Crippen LogP contribution is -1.97. The van der Waals surface area contributed by atoms with E-state index in [0.29, 0.717) is 5.13 Å². The summed E-state index contributed by atoms with van der Waals surface area (Å²) in [6.07, 6.45) is 3.51. The Kier molecular flexibility index (Phi) is 2.76. The van der Waals surface area contributed by atoms with Gasteiger partial charge in [0.05, 0.1) is 0 Å². The van der Waals surface area contributed by atoms with Gasteiger partial charge in [0.2, 0.25) is 0 Å². The van der Waals surface area contributed by atoms with E-state index in [4.69, 9.17) is 5.11 Å². The van der Waals surface area contributed by atoms with Gasteiger partial charge in [0.25, 0.3) is 0 Å². The number of aromatic carboxylic acids is 1. The first-order valence-electron chi connectivity index (χ1n) is 5.80. The Balaban J connectivity index is 1.81. The fourth-order valence-electron chi connectivity index (χ4n) is 2.20. The second kappa shape index (κ2) is 4.42. The smallest absolute Gasteiger partial charge is 0.355 e. The van der Waals surface area contributed by atoms with E-state index in [2.05, 4.69) is 22.4 Å². The molecule has 1 aliphatic carbocycles. The van der Waals surface area contributed by atoms with E-state index in [-0.39, 0.29) is 5.69 Å². The zero-order valence-corrected chi connectivity index (χ0v) is 10.5. The topological polar surface area (TPSA) is 62.2 Å². The highest BCUT2D eigenvalue weighted by atomic mass is 32.1. The van der Waals surface area contributed by atoms with Gasteiger partial charge in [-0.3, -0.25) is 0 Å². The Hall–Kier alpha value is -1.88. The third-order valence-electron chi connectivity index (χ3n) is 3.07. The van der Waals surface area contributed by atoms with Crippen LogP contribution in [-0.2, 0) is 12.8 Å². The van der Waals surface area contributed by atoms with Gasteiger partial charge in [0, 0.05) is 11.1 Å². The van der Waals surface area contributed by atoms with Crippen LogP contribution in [-0.4, -0.2) is 16.1 Å². The average Bonchev–Trinajstić information content (AvgIpc) is 2.96. The number of anilines is 2. The van der Waals surface area contributed by atoms with Crippen molar-refractivity contribution >= 4 is 28.1 Å². The van der Waals surface area contributed by atoms with Crippen molar-refractivity contribution in [1.29, 1.82) is 0 Å². The van der Waals surface area contributed by atoms with E-state index in [9.17, 15) is 4.79 Å². The molecule has 0 spiro atoms. The molecule has 3 rings (SSSR count). The molecule has 1 aromatic heterocycles. The van der Waals surface area contributed by atoms with Crippen molar-refractivity contribution in [3.05, 3.63) is 40.4 Å². The number of nitrogens with zero attached hydrogens (tertiary/aromatic N) is 1. The van der Waals surface area contributed by atoms with Crippen LogP contribution >= 0.6 is 11.3 Å². The number of carboxylic acid groups (broad SMARTS) is 1. The van der Waals surface area contributed by atoms with Crippen molar-refractivity contribution in [2.75, 3.05) is 5.32 Å². The van der Waals surface area contributed by atoms with Crippen molar-refractivity contribution in [3.63, 3.8) is 0 Å². The van der Waals surface area contributed by atoms with Crippen LogP contribution in [0.5, 0.6) is 0 Å². The van der Waals surface area contributed by atoms with Gasteiger partial charge in [-0.1, -0.05) is 6.07 Å². The standard InChI is InChI=1S/C13H12N2O2S/c16-12(17)11-7-18-13(15-11)14-10-5-4-8-2-1-3-9(8)6-10/h4-7H,1-3H2,(H,14,15)(H,16,17). The molecular weight excluding hydrogens is 248 g/mol. The number of benzene rings is 1. The van der Waals surface area contributed by atoms with E-state index in [1.165, 1.54) is 34.3 Å². The molecule has 1 aromatic carbocycles. The first-order chi connectivity index (χ1) is 8.72. The molecule has 0 atom stereocenters. The number of nitrogens with one attached hydrogen (secondary N) is 1. The van der Waals surface area contributed by atoms with E-state index in [1.54, 1.807) is 0 Å². The van der Waals surface area contributed by atoms with Crippen LogP contribution in [0.2, 0.25) is 0 Å². The summed E-state index contributed by atoms with van der Waals surface area (Å²) in [5.41, 5.74) is 3.87. The summed E-state index contributed by atoms with van der Waals surface area (Å²) in [6, 6.07) is 6.28. The van der Waals surface area contributed by atoms with Gasteiger partial charge < -0.3 is 10.4 Å². The van der Waals surface area contributed by atoms with E-state index < -0.39 is 5.97 Å². The Labute approximate surface area is 108 Å². The first kappa shape index (κ1) is 11.2. The van der Waals surface area contributed by atoms with Crippen LogP contribution in [0.4, 0.5) is 10.8 Å². The maximum atomic E-state index is 10.7. The van der Waals surface area contributed by atoms with Gasteiger partial charge in [-0.05, 0) is 42.5 Å². The highest BCUT2D eigenvalue weighted by Gasteiger charge is 2.12. The predicted octanol–water partition coefficient (Wildman–Crippen LogP) is 3.07. The van der Waals surface area contributed by atoms with Crippen LogP contribution in [0.15, 0.2) is 23.6 Å². The fraction of sp³-hybridized carbons (Fsp3) is 0.231. The number of thiazole rings is 1. The van der Waals surface area contributed by atoms with Crippen LogP contribution in [0.1, 0.15) is 28.0 Å². The molecule has 0 saturated heterocycles. The Morgan fingerprint density at radius 1 is 1.33 bits per heavy atom. The molecule has 1 heterocycles. The molecule has 1 aliphatic rings. The molecule has 2 N–H and O–H groups in total. The van der Waals surface area contributed by atoms with Crippen molar-refractivity contribution in [1.82, 2.24) is 4.98 Å². The lowest BCUT2D eigenvalue weighted by atomic mass is 10.1. The summed E-state index contributed by atoms with van der Waals surface area (Å²) in [5, 5.41) is 14.1. The van der Waals surface area contributed by atoms with Gasteiger partial charge >= 0.3 is 5.97 Å². The molecule has 0 unspecified atom stereocenters. The quantitative estimate of drug-likeness (QED) is 0.890. The normalized spacial score (nSPS) is 13.3. The fourth-order valence-corrected chi connectivity index (χ4v) is 2.91. The third-order valence-corrected chi connectivity index (χ3v) is 3.83. The largest absolute Gasteiger partial charge is 0.476 e. The molecular formula is C13H12N2O2S. The number of carbonyl (C=O) groups is 1. The van der Waals surface area contributed by atoms with Gasteiger partial charge in [-0.25, -0.2) is 9.78 Å². The van der Waals surface area contributed by atoms with Crippen LogP contribution < -0.4 is 5.32 Å². The Morgan fingerprint density at radius 2 is 2.17 bits per heavy atom. The number of aromatic nitrogens is 1. The minimum atomic E-state index is -0.992. The molecule has 5 heteroatoms. The van der Waals surface area contributed by atoms with E-state index in [1.807, 2.05) is 6.07 Å². The number of fused-ring (bicyclic) bond motifs is 1. The zero-order chi connectivity index (χ0) is 12.5. The summed E-state index contributed by atoms with van der Waals surface area (Å²) < 4.78 is 0.